The molecule has 0 radical (unpaired) electrons. The van der Waals surface area contributed by atoms with Gasteiger partial charge < -0.3 is 10.1 Å². The lowest BCUT2D eigenvalue weighted by Gasteiger charge is -2.13. The van der Waals surface area contributed by atoms with Gasteiger partial charge in [-0.3, -0.25) is 0 Å². The van der Waals surface area contributed by atoms with E-state index in [1.807, 2.05) is 0 Å². The minimum Gasteiger partial charge on any atom is -0.496 e. The van der Waals surface area contributed by atoms with Crippen molar-refractivity contribution in [3.8, 4) is 16.9 Å². The first-order chi connectivity index (χ1) is 9.65. The monoisotopic (exact) mass is 269 g/mol. The molecule has 2 heteroatoms. The van der Waals surface area contributed by atoms with Gasteiger partial charge in [-0.25, -0.2) is 0 Å². The maximum Gasteiger partial charge on any atom is 0.123 e. The molecule has 0 spiro atoms. The normalized spacial score (nSPS) is 10.6. The van der Waals surface area contributed by atoms with E-state index in [-0.39, 0.29) is 0 Å². The van der Waals surface area contributed by atoms with Gasteiger partial charge >= 0.3 is 0 Å². The summed E-state index contributed by atoms with van der Waals surface area (Å²) in [7, 11) is 1.72. The Morgan fingerprint density at radius 1 is 1.05 bits per heavy atom. The zero-order valence-electron chi connectivity index (χ0n) is 12.8. The number of aryl methyl sites for hydroxylation is 2. The highest BCUT2D eigenvalue weighted by Gasteiger charge is 2.07. The fourth-order valence-corrected chi connectivity index (χ4v) is 2.39. The van der Waals surface area contributed by atoms with Gasteiger partial charge in [-0.1, -0.05) is 36.8 Å². The molecule has 0 aliphatic rings. The molecule has 0 aliphatic carbocycles. The summed E-state index contributed by atoms with van der Waals surface area (Å²) in [6.07, 6.45) is 0. The van der Waals surface area contributed by atoms with Crippen LogP contribution in [0.5, 0.6) is 5.75 Å². The van der Waals surface area contributed by atoms with Crippen molar-refractivity contribution in [2.24, 2.45) is 0 Å². The number of hydrogen-bond acceptors (Lipinski definition) is 2. The Morgan fingerprint density at radius 3 is 2.55 bits per heavy atom. The molecule has 0 atom stereocenters. The van der Waals surface area contributed by atoms with E-state index in [1.54, 1.807) is 7.11 Å². The minimum atomic E-state index is 0.832. The third-order valence-corrected chi connectivity index (χ3v) is 3.55. The van der Waals surface area contributed by atoms with E-state index in [1.165, 1.54) is 27.8 Å². The molecule has 0 unspecified atom stereocenters. The molecule has 2 nitrogen and oxygen atoms in total. The summed E-state index contributed by atoms with van der Waals surface area (Å²) in [4.78, 5) is 0. The molecular weight excluding hydrogens is 246 g/mol. The number of benzene rings is 2. The van der Waals surface area contributed by atoms with Crippen LogP contribution in [0.15, 0.2) is 36.4 Å². The van der Waals surface area contributed by atoms with Crippen molar-refractivity contribution >= 4 is 0 Å². The predicted molar refractivity (Wildman–Crippen MR) is 85.3 cm³/mol. The molecule has 0 saturated heterocycles. The Balaban J connectivity index is 2.44. The molecular formula is C18H23NO. The SMILES string of the molecule is CCNCc1cc(-c2cc(C)ccc2C)ccc1OC. The summed E-state index contributed by atoms with van der Waals surface area (Å²) in [6, 6.07) is 13.0. The highest BCUT2D eigenvalue weighted by Crippen LogP contribution is 2.29. The molecule has 2 aromatic rings. The van der Waals surface area contributed by atoms with Crippen molar-refractivity contribution in [2.75, 3.05) is 13.7 Å². The maximum absolute atomic E-state index is 5.45. The highest BCUT2D eigenvalue weighted by molar-refractivity contribution is 5.69. The number of nitrogens with one attached hydrogen (secondary N) is 1. The van der Waals surface area contributed by atoms with Crippen LogP contribution in [0.25, 0.3) is 11.1 Å². The third kappa shape index (κ3) is 3.20. The topological polar surface area (TPSA) is 21.3 Å². The largest absolute Gasteiger partial charge is 0.496 e. The average molecular weight is 269 g/mol. The van der Waals surface area contributed by atoms with Crippen LogP contribution in [0, 0.1) is 13.8 Å². The smallest absolute Gasteiger partial charge is 0.123 e. The van der Waals surface area contributed by atoms with Crippen LogP contribution in [0.2, 0.25) is 0 Å². The second kappa shape index (κ2) is 6.58. The Kier molecular flexibility index (Phi) is 4.80. The van der Waals surface area contributed by atoms with Crippen LogP contribution in [0.4, 0.5) is 0 Å². The van der Waals surface area contributed by atoms with E-state index >= 15 is 0 Å². The number of hydrogen-bond donors (Lipinski definition) is 1. The van der Waals surface area contributed by atoms with Crippen LogP contribution in [-0.4, -0.2) is 13.7 Å². The van der Waals surface area contributed by atoms with Gasteiger partial charge in [-0.15, -0.1) is 0 Å². The van der Waals surface area contributed by atoms with Gasteiger partial charge in [-0.05, 0) is 49.2 Å². The van der Waals surface area contributed by atoms with E-state index in [2.05, 4.69) is 62.5 Å². The summed E-state index contributed by atoms with van der Waals surface area (Å²) in [5.74, 6) is 0.944. The van der Waals surface area contributed by atoms with Gasteiger partial charge in [0.1, 0.15) is 5.75 Å². The average Bonchev–Trinajstić information content (AvgIpc) is 2.47. The van der Waals surface area contributed by atoms with Gasteiger partial charge in [0, 0.05) is 12.1 Å². The zero-order chi connectivity index (χ0) is 14.5. The molecule has 0 bridgehead atoms. The van der Waals surface area contributed by atoms with Gasteiger partial charge in [0.2, 0.25) is 0 Å². The third-order valence-electron chi connectivity index (χ3n) is 3.55. The van der Waals surface area contributed by atoms with Crippen molar-refractivity contribution in [1.82, 2.24) is 5.32 Å². The second-order valence-electron chi connectivity index (χ2n) is 5.13. The number of ether oxygens (including phenoxy) is 1. The first-order valence-corrected chi connectivity index (χ1v) is 7.11. The lowest BCUT2D eigenvalue weighted by molar-refractivity contribution is 0.408. The first-order valence-electron chi connectivity index (χ1n) is 7.11. The summed E-state index contributed by atoms with van der Waals surface area (Å²) >= 11 is 0. The summed E-state index contributed by atoms with van der Waals surface area (Å²) < 4.78 is 5.45. The van der Waals surface area contributed by atoms with E-state index in [0.29, 0.717) is 0 Å². The van der Waals surface area contributed by atoms with Crippen LogP contribution in [0.3, 0.4) is 0 Å². The summed E-state index contributed by atoms with van der Waals surface area (Å²) in [5, 5.41) is 3.36. The molecule has 0 heterocycles. The molecule has 2 rings (SSSR count). The molecule has 0 fully saturated rings. The first kappa shape index (κ1) is 14.6. The standard InChI is InChI=1S/C18H23NO/c1-5-19-12-16-11-15(8-9-18(16)20-4)17-10-13(2)6-7-14(17)3/h6-11,19H,5,12H2,1-4H3. The van der Waals surface area contributed by atoms with Crippen molar-refractivity contribution in [3.63, 3.8) is 0 Å². The van der Waals surface area contributed by atoms with Gasteiger partial charge in [0.05, 0.1) is 7.11 Å². The quantitative estimate of drug-likeness (QED) is 0.882. The van der Waals surface area contributed by atoms with Gasteiger partial charge in [0.15, 0.2) is 0 Å². The lowest BCUT2D eigenvalue weighted by atomic mass is 9.96. The fraction of sp³-hybridized carbons (Fsp3) is 0.333. The zero-order valence-corrected chi connectivity index (χ0v) is 12.8. The van der Waals surface area contributed by atoms with E-state index in [4.69, 9.17) is 4.74 Å². The number of methoxy groups -OCH3 is 1. The molecule has 2 aromatic carbocycles. The molecule has 106 valence electrons. The van der Waals surface area contributed by atoms with Gasteiger partial charge in [-0.2, -0.15) is 0 Å². The molecule has 0 amide bonds. The van der Waals surface area contributed by atoms with E-state index < -0.39 is 0 Å². The molecule has 0 aliphatic heterocycles. The molecule has 0 aromatic heterocycles. The highest BCUT2D eigenvalue weighted by atomic mass is 16.5. The number of rotatable bonds is 5. The Morgan fingerprint density at radius 2 is 1.85 bits per heavy atom. The predicted octanol–water partition coefficient (Wildman–Crippen LogP) is 4.09. The Bertz CT molecular complexity index is 590. The van der Waals surface area contributed by atoms with Crippen LogP contribution in [-0.2, 0) is 6.54 Å². The summed E-state index contributed by atoms with van der Waals surface area (Å²) in [6.45, 7) is 8.19. The van der Waals surface area contributed by atoms with E-state index in [9.17, 15) is 0 Å². The lowest BCUT2D eigenvalue weighted by Crippen LogP contribution is -2.12. The summed E-state index contributed by atoms with van der Waals surface area (Å²) in [5.41, 5.74) is 6.34. The Hall–Kier alpha value is -1.80. The second-order valence-corrected chi connectivity index (χ2v) is 5.13. The Labute approximate surface area is 121 Å². The van der Waals surface area contributed by atoms with Crippen molar-refractivity contribution in [3.05, 3.63) is 53.1 Å². The molecule has 0 saturated carbocycles. The van der Waals surface area contributed by atoms with Crippen LogP contribution >= 0.6 is 0 Å². The fourth-order valence-electron chi connectivity index (χ4n) is 2.39. The van der Waals surface area contributed by atoms with Crippen molar-refractivity contribution in [2.45, 2.75) is 27.3 Å². The molecule has 1 N–H and O–H groups in total. The van der Waals surface area contributed by atoms with Gasteiger partial charge in [0.25, 0.3) is 0 Å². The van der Waals surface area contributed by atoms with Crippen molar-refractivity contribution in [1.29, 1.82) is 0 Å². The minimum absolute atomic E-state index is 0.832. The molecule has 20 heavy (non-hydrogen) atoms. The van der Waals surface area contributed by atoms with Crippen LogP contribution < -0.4 is 10.1 Å². The van der Waals surface area contributed by atoms with Crippen LogP contribution in [0.1, 0.15) is 23.6 Å². The van der Waals surface area contributed by atoms with E-state index in [0.717, 1.165) is 18.8 Å². The maximum atomic E-state index is 5.45. The van der Waals surface area contributed by atoms with Crippen molar-refractivity contribution < 1.29 is 4.74 Å².